The molecule has 0 unspecified atom stereocenters. The molecular weight excluding hydrogens is 302 g/mol. The van der Waals surface area contributed by atoms with E-state index in [0.717, 1.165) is 51.7 Å². The Kier molecular flexibility index (Phi) is 6.49. The van der Waals surface area contributed by atoms with Crippen molar-refractivity contribution >= 4 is 0 Å². The van der Waals surface area contributed by atoms with Gasteiger partial charge in [0.15, 0.2) is 0 Å². The minimum atomic E-state index is 0.277. The number of aliphatic hydroxyl groups excluding tert-OH is 1. The van der Waals surface area contributed by atoms with Crippen molar-refractivity contribution in [3.63, 3.8) is 0 Å². The van der Waals surface area contributed by atoms with E-state index in [-0.39, 0.29) is 6.61 Å². The highest BCUT2D eigenvalue weighted by atomic mass is 16.3. The highest BCUT2D eigenvalue weighted by Crippen LogP contribution is 2.19. The van der Waals surface area contributed by atoms with Crippen LogP contribution in [0.15, 0.2) is 24.3 Å². The molecule has 0 spiro atoms. The van der Waals surface area contributed by atoms with Crippen LogP contribution in [0.4, 0.5) is 0 Å². The van der Waals surface area contributed by atoms with E-state index in [1.807, 2.05) is 12.1 Å². The van der Waals surface area contributed by atoms with Gasteiger partial charge in [-0.25, -0.2) is 0 Å². The monoisotopic (exact) mass is 333 g/mol. The highest BCUT2D eigenvalue weighted by molar-refractivity contribution is 5.26. The van der Waals surface area contributed by atoms with Crippen molar-refractivity contribution < 1.29 is 10.2 Å². The summed E-state index contributed by atoms with van der Waals surface area (Å²) in [5.41, 5.74) is 1.30. The number of aromatic hydroxyl groups is 1. The van der Waals surface area contributed by atoms with Gasteiger partial charge in [0, 0.05) is 45.3 Å². The lowest BCUT2D eigenvalue weighted by atomic mass is 10.0. The maximum absolute atomic E-state index is 9.34. The Morgan fingerprint density at radius 2 is 1.46 bits per heavy atom. The molecule has 2 fully saturated rings. The standard InChI is InChI=1S/C19H31N3O2/c23-16-15-21-11-13-22(14-12-21)18-6-9-20(10-7-18)8-5-17-1-3-19(24)4-2-17/h1-4,18,23-24H,5-16H2. The first kappa shape index (κ1) is 17.7. The average molecular weight is 333 g/mol. The first-order valence-corrected chi connectivity index (χ1v) is 9.32. The number of hydrogen-bond donors (Lipinski definition) is 2. The van der Waals surface area contributed by atoms with E-state index >= 15 is 0 Å². The van der Waals surface area contributed by atoms with Crippen LogP contribution in [0, 0.1) is 0 Å². The Bertz CT molecular complexity index is 478. The van der Waals surface area contributed by atoms with Crippen LogP contribution in [-0.4, -0.2) is 89.9 Å². The number of nitrogens with zero attached hydrogens (tertiary/aromatic N) is 3. The minimum Gasteiger partial charge on any atom is -0.508 e. The van der Waals surface area contributed by atoms with E-state index in [4.69, 9.17) is 5.11 Å². The number of aliphatic hydroxyl groups is 1. The zero-order chi connectivity index (χ0) is 16.8. The number of hydrogen-bond acceptors (Lipinski definition) is 5. The molecule has 0 aliphatic carbocycles. The van der Waals surface area contributed by atoms with Gasteiger partial charge in [-0.2, -0.15) is 0 Å². The number of β-amino-alcohol motifs (C(OH)–C–C–N with tert-alkyl or cyclic N) is 1. The van der Waals surface area contributed by atoms with Gasteiger partial charge in [-0.05, 0) is 50.0 Å². The van der Waals surface area contributed by atoms with Crippen LogP contribution in [0.25, 0.3) is 0 Å². The fourth-order valence-corrected chi connectivity index (χ4v) is 3.95. The molecule has 0 bridgehead atoms. The Hall–Kier alpha value is -1.14. The first-order valence-electron chi connectivity index (χ1n) is 9.32. The fourth-order valence-electron chi connectivity index (χ4n) is 3.95. The molecule has 1 aromatic carbocycles. The molecule has 3 rings (SSSR count). The second kappa shape index (κ2) is 8.81. The molecule has 5 heteroatoms. The lowest BCUT2D eigenvalue weighted by Crippen LogP contribution is -2.53. The van der Waals surface area contributed by atoms with Crippen molar-refractivity contribution in [2.75, 3.05) is 59.0 Å². The molecule has 0 aromatic heterocycles. The number of piperazine rings is 1. The molecule has 2 N–H and O–H groups in total. The third kappa shape index (κ3) is 4.93. The van der Waals surface area contributed by atoms with Gasteiger partial charge < -0.3 is 15.1 Å². The fraction of sp³-hybridized carbons (Fsp3) is 0.684. The Morgan fingerprint density at radius 1 is 0.833 bits per heavy atom. The van der Waals surface area contributed by atoms with Crippen molar-refractivity contribution in [3.8, 4) is 5.75 Å². The smallest absolute Gasteiger partial charge is 0.115 e. The van der Waals surface area contributed by atoms with Crippen molar-refractivity contribution in [2.45, 2.75) is 25.3 Å². The molecule has 2 heterocycles. The maximum Gasteiger partial charge on any atom is 0.115 e. The Balaban J connectivity index is 1.36. The first-order chi connectivity index (χ1) is 11.7. The number of piperidine rings is 1. The summed E-state index contributed by atoms with van der Waals surface area (Å²) in [6.45, 7) is 9.10. The van der Waals surface area contributed by atoms with E-state index < -0.39 is 0 Å². The molecule has 134 valence electrons. The highest BCUT2D eigenvalue weighted by Gasteiger charge is 2.27. The maximum atomic E-state index is 9.34. The topological polar surface area (TPSA) is 50.2 Å². The van der Waals surface area contributed by atoms with Gasteiger partial charge in [0.05, 0.1) is 6.61 Å². The van der Waals surface area contributed by atoms with Crippen LogP contribution in [0.2, 0.25) is 0 Å². The number of phenolic OH excluding ortho intramolecular Hbond substituents is 1. The van der Waals surface area contributed by atoms with Crippen molar-refractivity contribution in [2.24, 2.45) is 0 Å². The Labute approximate surface area is 145 Å². The van der Waals surface area contributed by atoms with Gasteiger partial charge in [0.1, 0.15) is 5.75 Å². The molecule has 0 amide bonds. The quantitative estimate of drug-likeness (QED) is 0.814. The SMILES string of the molecule is OCCN1CCN(C2CCN(CCc3ccc(O)cc3)CC2)CC1. The molecule has 24 heavy (non-hydrogen) atoms. The lowest BCUT2D eigenvalue weighted by Gasteiger charge is -2.42. The largest absolute Gasteiger partial charge is 0.508 e. The predicted octanol–water partition coefficient (Wildman–Crippen LogP) is 1.01. The van der Waals surface area contributed by atoms with Crippen molar-refractivity contribution in [3.05, 3.63) is 29.8 Å². The number of rotatable bonds is 6. The zero-order valence-corrected chi connectivity index (χ0v) is 14.6. The van der Waals surface area contributed by atoms with E-state index in [1.165, 1.54) is 31.5 Å². The van der Waals surface area contributed by atoms with E-state index in [0.29, 0.717) is 5.75 Å². The molecule has 0 atom stereocenters. The van der Waals surface area contributed by atoms with Crippen LogP contribution in [-0.2, 0) is 6.42 Å². The summed E-state index contributed by atoms with van der Waals surface area (Å²) in [5, 5.41) is 18.4. The van der Waals surface area contributed by atoms with Crippen molar-refractivity contribution in [1.82, 2.24) is 14.7 Å². The van der Waals surface area contributed by atoms with E-state index in [2.05, 4.69) is 14.7 Å². The molecule has 1 aromatic rings. The van der Waals surface area contributed by atoms with Crippen LogP contribution in [0.5, 0.6) is 5.75 Å². The third-order valence-electron chi connectivity index (χ3n) is 5.55. The molecule has 0 saturated carbocycles. The second-order valence-electron chi connectivity index (χ2n) is 7.09. The normalized spacial score (nSPS) is 22.0. The van der Waals surface area contributed by atoms with E-state index in [9.17, 15) is 5.11 Å². The molecule has 5 nitrogen and oxygen atoms in total. The van der Waals surface area contributed by atoms with E-state index in [1.54, 1.807) is 12.1 Å². The summed E-state index contributed by atoms with van der Waals surface area (Å²) in [7, 11) is 0. The molecule has 2 saturated heterocycles. The predicted molar refractivity (Wildman–Crippen MR) is 96.4 cm³/mol. The molecule has 2 aliphatic rings. The van der Waals surface area contributed by atoms with Crippen LogP contribution in [0.3, 0.4) is 0 Å². The summed E-state index contributed by atoms with van der Waals surface area (Å²) in [6.07, 6.45) is 3.61. The van der Waals surface area contributed by atoms with Gasteiger partial charge in [-0.1, -0.05) is 12.1 Å². The average Bonchev–Trinajstić information content (AvgIpc) is 2.63. The molecule has 0 radical (unpaired) electrons. The van der Waals surface area contributed by atoms with Gasteiger partial charge in [0.2, 0.25) is 0 Å². The summed E-state index contributed by atoms with van der Waals surface area (Å²) in [4.78, 5) is 7.60. The summed E-state index contributed by atoms with van der Waals surface area (Å²) in [5.74, 6) is 0.346. The lowest BCUT2D eigenvalue weighted by molar-refractivity contribution is 0.0534. The number of likely N-dealkylation sites (tertiary alicyclic amines) is 1. The Morgan fingerprint density at radius 3 is 2.08 bits per heavy atom. The van der Waals surface area contributed by atoms with Gasteiger partial charge in [0.25, 0.3) is 0 Å². The summed E-state index contributed by atoms with van der Waals surface area (Å²) >= 11 is 0. The van der Waals surface area contributed by atoms with Crippen LogP contribution in [0.1, 0.15) is 18.4 Å². The summed E-state index contributed by atoms with van der Waals surface area (Å²) in [6, 6.07) is 8.34. The minimum absolute atomic E-state index is 0.277. The third-order valence-corrected chi connectivity index (χ3v) is 5.55. The van der Waals surface area contributed by atoms with Gasteiger partial charge in [-0.15, -0.1) is 0 Å². The second-order valence-corrected chi connectivity index (χ2v) is 7.09. The van der Waals surface area contributed by atoms with Crippen LogP contribution < -0.4 is 0 Å². The van der Waals surface area contributed by atoms with Gasteiger partial charge >= 0.3 is 0 Å². The summed E-state index contributed by atoms with van der Waals surface area (Å²) < 4.78 is 0. The molecular formula is C19H31N3O2. The van der Waals surface area contributed by atoms with Gasteiger partial charge in [-0.3, -0.25) is 9.80 Å². The number of benzene rings is 1. The van der Waals surface area contributed by atoms with Crippen molar-refractivity contribution in [1.29, 1.82) is 0 Å². The number of phenols is 1. The zero-order valence-electron chi connectivity index (χ0n) is 14.6. The molecule has 2 aliphatic heterocycles. The van der Waals surface area contributed by atoms with Crippen LogP contribution >= 0.6 is 0 Å².